The van der Waals surface area contributed by atoms with E-state index in [4.69, 9.17) is 10.5 Å². The molecule has 1 aliphatic heterocycles. The molecule has 0 aliphatic carbocycles. The number of aryl methyl sites for hydroxylation is 1. The highest BCUT2D eigenvalue weighted by Crippen LogP contribution is 2.30. The number of amides is 2. The van der Waals surface area contributed by atoms with E-state index in [1.54, 1.807) is 17.2 Å². The molecule has 114 valence electrons. The third-order valence-electron chi connectivity index (χ3n) is 4.09. The SMILES string of the molecule is COCC1(C(N)=O)CCCN1C(=O)Cc1cccnc1C. The molecule has 2 amide bonds. The van der Waals surface area contributed by atoms with Crippen LogP contribution in [0, 0.1) is 6.92 Å². The van der Waals surface area contributed by atoms with Crippen LogP contribution < -0.4 is 5.73 Å². The fourth-order valence-corrected chi connectivity index (χ4v) is 2.92. The Bertz CT molecular complexity index is 547. The first-order valence-corrected chi connectivity index (χ1v) is 7.01. The minimum atomic E-state index is -1.01. The van der Waals surface area contributed by atoms with Crippen LogP contribution in [0.1, 0.15) is 24.1 Å². The number of carbonyl (C=O) groups excluding carboxylic acids is 2. The van der Waals surface area contributed by atoms with E-state index in [2.05, 4.69) is 4.98 Å². The molecule has 1 aromatic rings. The fraction of sp³-hybridized carbons (Fsp3) is 0.533. The molecule has 0 saturated carbocycles. The zero-order valence-electron chi connectivity index (χ0n) is 12.5. The van der Waals surface area contributed by atoms with Gasteiger partial charge in [0.15, 0.2) is 0 Å². The first-order valence-electron chi connectivity index (χ1n) is 7.01. The molecule has 21 heavy (non-hydrogen) atoms. The highest BCUT2D eigenvalue weighted by Gasteiger charge is 2.48. The minimum absolute atomic E-state index is 0.112. The number of rotatable bonds is 5. The van der Waals surface area contributed by atoms with Crippen molar-refractivity contribution in [3.63, 3.8) is 0 Å². The second-order valence-electron chi connectivity index (χ2n) is 5.40. The molecule has 6 nitrogen and oxygen atoms in total. The number of ether oxygens (including phenoxy) is 1. The Balaban J connectivity index is 2.21. The molecule has 0 spiro atoms. The maximum absolute atomic E-state index is 12.6. The summed E-state index contributed by atoms with van der Waals surface area (Å²) >= 11 is 0. The van der Waals surface area contributed by atoms with Gasteiger partial charge >= 0.3 is 0 Å². The van der Waals surface area contributed by atoms with Gasteiger partial charge in [0.05, 0.1) is 13.0 Å². The van der Waals surface area contributed by atoms with Gasteiger partial charge in [-0.15, -0.1) is 0 Å². The molecule has 6 heteroatoms. The first-order chi connectivity index (χ1) is 10.0. The Kier molecular flexibility index (Phi) is 4.57. The summed E-state index contributed by atoms with van der Waals surface area (Å²) in [6.45, 7) is 2.54. The van der Waals surface area contributed by atoms with Crippen LogP contribution in [0.15, 0.2) is 18.3 Å². The largest absolute Gasteiger partial charge is 0.382 e. The predicted octanol–water partition coefficient (Wildman–Crippen LogP) is 0.425. The van der Waals surface area contributed by atoms with Crippen molar-refractivity contribution in [1.82, 2.24) is 9.88 Å². The van der Waals surface area contributed by atoms with E-state index in [1.807, 2.05) is 13.0 Å². The number of carbonyl (C=O) groups is 2. The Hall–Kier alpha value is -1.95. The van der Waals surface area contributed by atoms with Gasteiger partial charge in [0, 0.05) is 25.5 Å². The topological polar surface area (TPSA) is 85.5 Å². The summed E-state index contributed by atoms with van der Waals surface area (Å²) in [5.74, 6) is -0.613. The van der Waals surface area contributed by atoms with Crippen LogP contribution in [0.5, 0.6) is 0 Å². The van der Waals surface area contributed by atoms with Gasteiger partial charge in [-0.1, -0.05) is 6.07 Å². The van der Waals surface area contributed by atoms with Crippen molar-refractivity contribution in [2.24, 2.45) is 5.73 Å². The van der Waals surface area contributed by atoms with E-state index < -0.39 is 11.4 Å². The van der Waals surface area contributed by atoms with Crippen LogP contribution in [0.25, 0.3) is 0 Å². The highest BCUT2D eigenvalue weighted by molar-refractivity contribution is 5.92. The van der Waals surface area contributed by atoms with Crippen LogP contribution in [0.2, 0.25) is 0 Å². The van der Waals surface area contributed by atoms with Crippen molar-refractivity contribution in [2.45, 2.75) is 31.7 Å². The predicted molar refractivity (Wildman–Crippen MR) is 77.4 cm³/mol. The lowest BCUT2D eigenvalue weighted by atomic mass is 9.95. The summed E-state index contributed by atoms with van der Waals surface area (Å²) in [7, 11) is 1.51. The smallest absolute Gasteiger partial charge is 0.245 e. The van der Waals surface area contributed by atoms with Crippen LogP contribution >= 0.6 is 0 Å². The number of likely N-dealkylation sites (tertiary alicyclic amines) is 1. The Morgan fingerprint density at radius 2 is 2.29 bits per heavy atom. The Labute approximate surface area is 124 Å². The number of nitrogens with zero attached hydrogens (tertiary/aromatic N) is 2. The van der Waals surface area contributed by atoms with Gasteiger partial charge in [0.1, 0.15) is 5.54 Å². The van der Waals surface area contributed by atoms with Crippen LogP contribution in [0.4, 0.5) is 0 Å². The minimum Gasteiger partial charge on any atom is -0.382 e. The molecule has 1 aromatic heterocycles. The lowest BCUT2D eigenvalue weighted by Gasteiger charge is -2.35. The van der Waals surface area contributed by atoms with Crippen LogP contribution in [0.3, 0.4) is 0 Å². The fourth-order valence-electron chi connectivity index (χ4n) is 2.92. The molecule has 1 aliphatic rings. The van der Waals surface area contributed by atoms with Crippen molar-refractivity contribution in [2.75, 3.05) is 20.3 Å². The first kappa shape index (κ1) is 15.4. The number of primary amides is 1. The zero-order chi connectivity index (χ0) is 15.5. The third kappa shape index (κ3) is 2.90. The molecule has 0 bridgehead atoms. The molecular weight excluding hydrogens is 270 g/mol. The monoisotopic (exact) mass is 291 g/mol. The van der Waals surface area contributed by atoms with Gasteiger partial charge in [-0.3, -0.25) is 14.6 Å². The van der Waals surface area contributed by atoms with Crippen LogP contribution in [-0.2, 0) is 20.7 Å². The molecule has 2 N–H and O–H groups in total. The summed E-state index contributed by atoms with van der Waals surface area (Å²) in [6.07, 6.45) is 3.22. The van der Waals surface area contributed by atoms with E-state index in [-0.39, 0.29) is 18.9 Å². The van der Waals surface area contributed by atoms with Crippen LogP contribution in [-0.4, -0.2) is 47.5 Å². The third-order valence-corrected chi connectivity index (χ3v) is 4.09. The molecule has 2 heterocycles. The number of hydrogen-bond donors (Lipinski definition) is 1. The van der Waals surface area contributed by atoms with Gasteiger partial charge in [-0.2, -0.15) is 0 Å². The molecule has 0 aromatic carbocycles. The molecule has 1 saturated heterocycles. The molecule has 2 rings (SSSR count). The van der Waals surface area contributed by atoms with E-state index in [0.29, 0.717) is 13.0 Å². The summed E-state index contributed by atoms with van der Waals surface area (Å²) in [6, 6.07) is 3.68. The lowest BCUT2D eigenvalue weighted by molar-refractivity contribution is -0.146. The molecule has 1 fully saturated rings. The van der Waals surface area contributed by atoms with Gasteiger partial charge in [-0.25, -0.2) is 0 Å². The number of aromatic nitrogens is 1. The maximum atomic E-state index is 12.6. The van der Waals surface area contributed by atoms with E-state index in [1.165, 1.54) is 7.11 Å². The molecule has 0 radical (unpaired) electrons. The normalized spacial score (nSPS) is 21.5. The van der Waals surface area contributed by atoms with E-state index in [9.17, 15) is 9.59 Å². The van der Waals surface area contributed by atoms with Gasteiger partial charge in [0.25, 0.3) is 0 Å². The van der Waals surface area contributed by atoms with Gasteiger partial charge in [-0.05, 0) is 31.4 Å². The lowest BCUT2D eigenvalue weighted by Crippen LogP contribution is -2.59. The Morgan fingerprint density at radius 1 is 1.52 bits per heavy atom. The Morgan fingerprint density at radius 3 is 2.90 bits per heavy atom. The van der Waals surface area contributed by atoms with Crippen molar-refractivity contribution < 1.29 is 14.3 Å². The highest BCUT2D eigenvalue weighted by atomic mass is 16.5. The van der Waals surface area contributed by atoms with Gasteiger partial charge < -0.3 is 15.4 Å². The standard InChI is InChI=1S/C15H21N3O3/c1-11-12(5-3-7-17-11)9-13(19)18-8-4-6-15(18,10-21-2)14(16)20/h3,5,7H,4,6,8-10H2,1-2H3,(H2,16,20). The number of nitrogens with two attached hydrogens (primary N) is 1. The maximum Gasteiger partial charge on any atom is 0.245 e. The average molecular weight is 291 g/mol. The quantitative estimate of drug-likeness (QED) is 0.852. The van der Waals surface area contributed by atoms with E-state index >= 15 is 0 Å². The molecule has 1 unspecified atom stereocenters. The average Bonchev–Trinajstić information content (AvgIpc) is 2.87. The summed E-state index contributed by atoms with van der Waals surface area (Å²) in [4.78, 5) is 30.2. The van der Waals surface area contributed by atoms with Crippen molar-refractivity contribution in [3.05, 3.63) is 29.6 Å². The summed E-state index contributed by atoms with van der Waals surface area (Å²) in [5, 5.41) is 0. The summed E-state index contributed by atoms with van der Waals surface area (Å²) in [5.41, 5.74) is 6.22. The number of hydrogen-bond acceptors (Lipinski definition) is 4. The van der Waals surface area contributed by atoms with Crippen molar-refractivity contribution >= 4 is 11.8 Å². The number of pyridine rings is 1. The zero-order valence-corrected chi connectivity index (χ0v) is 12.5. The van der Waals surface area contributed by atoms with Crippen molar-refractivity contribution in [3.8, 4) is 0 Å². The second-order valence-corrected chi connectivity index (χ2v) is 5.40. The van der Waals surface area contributed by atoms with Crippen molar-refractivity contribution in [1.29, 1.82) is 0 Å². The summed E-state index contributed by atoms with van der Waals surface area (Å²) < 4.78 is 5.14. The number of methoxy groups -OCH3 is 1. The second kappa shape index (κ2) is 6.22. The molecular formula is C15H21N3O3. The molecule has 1 atom stereocenters. The van der Waals surface area contributed by atoms with Gasteiger partial charge in [0.2, 0.25) is 11.8 Å². The van der Waals surface area contributed by atoms with E-state index in [0.717, 1.165) is 17.7 Å².